The Hall–Kier alpha value is -1.83. The molecule has 3 amide bonds. The number of carboxylic acids is 1. The van der Waals surface area contributed by atoms with E-state index in [0.717, 1.165) is 0 Å². The number of carbonyl (C=O) groups excluding carboxylic acids is 2. The predicted molar refractivity (Wildman–Crippen MR) is 74.8 cm³/mol. The third-order valence-electron chi connectivity index (χ3n) is 3.29. The van der Waals surface area contributed by atoms with Crippen LogP contribution in [0.5, 0.6) is 0 Å². The molecule has 0 aromatic carbocycles. The first kappa shape index (κ1) is 17.2. The molecule has 1 heterocycles. The Morgan fingerprint density at radius 1 is 1.33 bits per heavy atom. The fraction of sp³-hybridized carbons (Fsp3) is 0.769. The number of carboxylic acid groups (broad SMARTS) is 1. The Bertz CT molecular complexity index is 382. The molecule has 120 valence electrons. The largest absolute Gasteiger partial charge is 0.481 e. The Kier molecular flexibility index (Phi) is 6.93. The normalized spacial score (nSPS) is 16.2. The molecule has 0 aromatic heterocycles. The lowest BCUT2D eigenvalue weighted by atomic mass is 10.2. The molecular weight excluding hydrogens is 278 g/mol. The predicted octanol–water partition coefficient (Wildman–Crippen LogP) is -0.403. The zero-order valence-electron chi connectivity index (χ0n) is 12.5. The van der Waals surface area contributed by atoms with Crippen LogP contribution in [0.3, 0.4) is 0 Å². The summed E-state index contributed by atoms with van der Waals surface area (Å²) < 4.78 is 5.16. The van der Waals surface area contributed by atoms with Crippen molar-refractivity contribution >= 4 is 17.9 Å². The third-order valence-corrected chi connectivity index (χ3v) is 3.29. The van der Waals surface area contributed by atoms with Gasteiger partial charge in [-0.25, -0.2) is 4.79 Å². The lowest BCUT2D eigenvalue weighted by Crippen LogP contribution is -2.44. The highest BCUT2D eigenvalue weighted by Gasteiger charge is 2.19. The first-order valence-corrected chi connectivity index (χ1v) is 6.99. The van der Waals surface area contributed by atoms with Gasteiger partial charge in [0, 0.05) is 39.6 Å². The second kappa shape index (κ2) is 8.46. The first-order chi connectivity index (χ1) is 9.91. The molecule has 8 nitrogen and oxygen atoms in total. The number of carbonyl (C=O) groups is 3. The summed E-state index contributed by atoms with van der Waals surface area (Å²) in [6, 6.07) is -0.377. The van der Waals surface area contributed by atoms with Gasteiger partial charge in [0.05, 0.1) is 19.1 Å². The summed E-state index contributed by atoms with van der Waals surface area (Å²) >= 11 is 0. The van der Waals surface area contributed by atoms with Gasteiger partial charge < -0.3 is 25.0 Å². The summed E-state index contributed by atoms with van der Waals surface area (Å²) in [5.74, 6) is -1.59. The van der Waals surface area contributed by atoms with Gasteiger partial charge in [0.1, 0.15) is 0 Å². The minimum Gasteiger partial charge on any atom is -0.481 e. The zero-order chi connectivity index (χ0) is 15.8. The number of rotatable bonds is 6. The minimum absolute atomic E-state index is 0.0137. The number of amides is 3. The van der Waals surface area contributed by atoms with Crippen molar-refractivity contribution in [3.05, 3.63) is 0 Å². The maximum absolute atomic E-state index is 11.8. The third kappa shape index (κ3) is 5.99. The molecule has 0 aliphatic carbocycles. The molecule has 0 spiro atoms. The molecule has 0 radical (unpaired) electrons. The first-order valence-electron chi connectivity index (χ1n) is 6.99. The highest BCUT2D eigenvalue weighted by Crippen LogP contribution is 2.01. The molecule has 1 rings (SSSR count). The second-order valence-corrected chi connectivity index (χ2v) is 5.09. The van der Waals surface area contributed by atoms with Crippen LogP contribution in [0.15, 0.2) is 0 Å². The summed E-state index contributed by atoms with van der Waals surface area (Å²) in [4.78, 5) is 37.3. The van der Waals surface area contributed by atoms with E-state index in [1.54, 1.807) is 4.90 Å². The quantitative estimate of drug-likeness (QED) is 0.695. The van der Waals surface area contributed by atoms with E-state index in [1.807, 2.05) is 0 Å². The smallest absolute Gasteiger partial charge is 0.317 e. The van der Waals surface area contributed by atoms with Gasteiger partial charge in [0.15, 0.2) is 0 Å². The van der Waals surface area contributed by atoms with Crippen molar-refractivity contribution in [3.63, 3.8) is 0 Å². The lowest BCUT2D eigenvalue weighted by molar-refractivity contribution is -0.141. The SMILES string of the molecule is CC(CN(C)C(=O)NCCC(=O)N1CCOCC1)C(=O)O. The van der Waals surface area contributed by atoms with E-state index in [2.05, 4.69) is 5.32 Å². The molecule has 1 atom stereocenters. The van der Waals surface area contributed by atoms with Crippen molar-refractivity contribution in [1.82, 2.24) is 15.1 Å². The molecule has 8 heteroatoms. The van der Waals surface area contributed by atoms with Crippen molar-refractivity contribution in [2.75, 3.05) is 46.4 Å². The molecule has 1 saturated heterocycles. The van der Waals surface area contributed by atoms with Crippen LogP contribution in [-0.2, 0) is 14.3 Å². The highest BCUT2D eigenvalue weighted by molar-refractivity contribution is 5.78. The van der Waals surface area contributed by atoms with E-state index in [1.165, 1.54) is 18.9 Å². The molecule has 1 aliphatic rings. The number of hydrogen-bond donors (Lipinski definition) is 2. The van der Waals surface area contributed by atoms with E-state index < -0.39 is 11.9 Å². The van der Waals surface area contributed by atoms with Crippen molar-refractivity contribution in [2.24, 2.45) is 5.92 Å². The molecule has 2 N–H and O–H groups in total. The van der Waals surface area contributed by atoms with E-state index in [4.69, 9.17) is 9.84 Å². The number of hydrogen-bond acceptors (Lipinski definition) is 4. The van der Waals surface area contributed by atoms with Crippen LogP contribution in [-0.4, -0.2) is 79.3 Å². The molecule has 0 aromatic rings. The number of aliphatic carboxylic acids is 1. The summed E-state index contributed by atoms with van der Waals surface area (Å²) in [5, 5.41) is 11.4. The van der Waals surface area contributed by atoms with E-state index in [0.29, 0.717) is 26.3 Å². The lowest BCUT2D eigenvalue weighted by Gasteiger charge is -2.27. The highest BCUT2D eigenvalue weighted by atomic mass is 16.5. The van der Waals surface area contributed by atoms with Gasteiger partial charge in [-0.05, 0) is 0 Å². The minimum atomic E-state index is -0.947. The van der Waals surface area contributed by atoms with Gasteiger partial charge in [0.25, 0.3) is 0 Å². The van der Waals surface area contributed by atoms with Crippen LogP contribution in [0.25, 0.3) is 0 Å². The Morgan fingerprint density at radius 2 is 1.95 bits per heavy atom. The second-order valence-electron chi connectivity index (χ2n) is 5.09. The van der Waals surface area contributed by atoms with Crippen LogP contribution in [0, 0.1) is 5.92 Å². The van der Waals surface area contributed by atoms with Crippen LogP contribution in [0.2, 0.25) is 0 Å². The summed E-state index contributed by atoms with van der Waals surface area (Å²) in [6.07, 6.45) is 0.230. The number of nitrogens with one attached hydrogen (secondary N) is 1. The van der Waals surface area contributed by atoms with E-state index in [-0.39, 0.29) is 31.4 Å². The topological polar surface area (TPSA) is 99.2 Å². The maximum Gasteiger partial charge on any atom is 0.317 e. The Morgan fingerprint density at radius 3 is 2.52 bits per heavy atom. The van der Waals surface area contributed by atoms with Crippen molar-refractivity contribution < 1.29 is 24.2 Å². The molecular formula is C13H23N3O5. The fourth-order valence-corrected chi connectivity index (χ4v) is 1.95. The van der Waals surface area contributed by atoms with Gasteiger partial charge in [-0.15, -0.1) is 0 Å². The maximum atomic E-state index is 11.8. The van der Waals surface area contributed by atoms with Gasteiger partial charge in [-0.1, -0.05) is 6.92 Å². The van der Waals surface area contributed by atoms with Crippen LogP contribution in [0.4, 0.5) is 4.79 Å². The number of nitrogens with zero attached hydrogens (tertiary/aromatic N) is 2. The Labute approximate surface area is 124 Å². The number of morpholine rings is 1. The Balaban J connectivity index is 2.23. The number of ether oxygens (including phenoxy) is 1. The van der Waals surface area contributed by atoms with Gasteiger partial charge in [-0.2, -0.15) is 0 Å². The molecule has 21 heavy (non-hydrogen) atoms. The molecule has 1 unspecified atom stereocenters. The van der Waals surface area contributed by atoms with Crippen LogP contribution >= 0.6 is 0 Å². The van der Waals surface area contributed by atoms with Crippen molar-refractivity contribution in [1.29, 1.82) is 0 Å². The monoisotopic (exact) mass is 301 g/mol. The molecule has 0 bridgehead atoms. The van der Waals surface area contributed by atoms with Crippen LogP contribution < -0.4 is 5.32 Å². The molecule has 0 saturated carbocycles. The zero-order valence-corrected chi connectivity index (χ0v) is 12.5. The van der Waals surface area contributed by atoms with Gasteiger partial charge in [-0.3, -0.25) is 9.59 Å². The van der Waals surface area contributed by atoms with Gasteiger partial charge >= 0.3 is 12.0 Å². The van der Waals surface area contributed by atoms with Crippen molar-refractivity contribution in [2.45, 2.75) is 13.3 Å². The van der Waals surface area contributed by atoms with Gasteiger partial charge in [0.2, 0.25) is 5.91 Å². The average Bonchev–Trinajstić information content (AvgIpc) is 2.47. The van der Waals surface area contributed by atoms with Crippen molar-refractivity contribution in [3.8, 4) is 0 Å². The molecule has 1 aliphatic heterocycles. The van der Waals surface area contributed by atoms with Crippen LogP contribution in [0.1, 0.15) is 13.3 Å². The summed E-state index contributed by atoms with van der Waals surface area (Å²) in [5.41, 5.74) is 0. The summed E-state index contributed by atoms with van der Waals surface area (Å²) in [6.45, 7) is 4.17. The van der Waals surface area contributed by atoms with E-state index >= 15 is 0 Å². The average molecular weight is 301 g/mol. The summed E-state index contributed by atoms with van der Waals surface area (Å²) in [7, 11) is 1.53. The number of urea groups is 1. The molecule has 1 fully saturated rings. The standard InChI is InChI=1S/C13H23N3O5/c1-10(12(18)19)9-15(2)13(20)14-4-3-11(17)16-5-7-21-8-6-16/h10H,3-9H2,1-2H3,(H,14,20)(H,18,19). The van der Waals surface area contributed by atoms with E-state index in [9.17, 15) is 14.4 Å². The fourth-order valence-electron chi connectivity index (χ4n) is 1.95.